The van der Waals surface area contributed by atoms with E-state index in [0.29, 0.717) is 0 Å². The third-order valence-electron chi connectivity index (χ3n) is 2.88. The van der Waals surface area contributed by atoms with Gasteiger partial charge in [0.05, 0.1) is 11.8 Å². The topological polar surface area (TPSA) is 71.5 Å². The van der Waals surface area contributed by atoms with E-state index in [9.17, 15) is 18.0 Å². The van der Waals surface area contributed by atoms with Crippen LogP contribution in [-0.2, 0) is 6.18 Å². The van der Waals surface area contributed by atoms with Crippen LogP contribution < -0.4 is 5.56 Å². The van der Waals surface area contributed by atoms with Gasteiger partial charge in [0.2, 0.25) is 0 Å². The number of nitrogens with one attached hydrogen (secondary N) is 1. The molecule has 0 saturated carbocycles. The molecule has 0 atom stereocenters. The Morgan fingerprint density at radius 2 is 1.86 bits per heavy atom. The van der Waals surface area contributed by atoms with Crippen molar-refractivity contribution >= 4 is 22.8 Å². The van der Waals surface area contributed by atoms with Crippen LogP contribution in [0.4, 0.5) is 13.2 Å². The molecule has 0 aliphatic heterocycles. The molecule has 3 aromatic rings. The lowest BCUT2D eigenvalue weighted by Gasteiger charge is -2.11. The van der Waals surface area contributed by atoms with Crippen molar-refractivity contribution in [3.05, 3.63) is 51.5 Å². The van der Waals surface area contributed by atoms with Crippen LogP contribution in [-0.4, -0.2) is 19.9 Å². The van der Waals surface area contributed by atoms with E-state index >= 15 is 0 Å². The maximum Gasteiger partial charge on any atom is 0.417 e. The first-order valence-corrected chi connectivity index (χ1v) is 6.33. The van der Waals surface area contributed by atoms with E-state index in [4.69, 9.17) is 11.6 Å². The van der Waals surface area contributed by atoms with Gasteiger partial charge in [0, 0.05) is 5.56 Å². The molecule has 0 unspecified atom stereocenters. The van der Waals surface area contributed by atoms with E-state index in [1.807, 2.05) is 0 Å². The molecule has 2 heterocycles. The largest absolute Gasteiger partial charge is 0.417 e. The maximum absolute atomic E-state index is 13.0. The highest BCUT2D eigenvalue weighted by Crippen LogP contribution is 2.35. The highest BCUT2D eigenvalue weighted by Gasteiger charge is 2.34. The minimum absolute atomic E-state index is 0.0109. The second kappa shape index (κ2) is 5.06. The van der Waals surface area contributed by atoms with Crippen molar-refractivity contribution in [1.29, 1.82) is 0 Å². The first kappa shape index (κ1) is 14.5. The average Bonchev–Trinajstić information content (AvgIpc) is 2.47. The van der Waals surface area contributed by atoms with Crippen LogP contribution >= 0.6 is 11.6 Å². The molecule has 0 aliphatic rings. The Hall–Kier alpha value is -2.48. The highest BCUT2D eigenvalue weighted by atomic mass is 35.5. The summed E-state index contributed by atoms with van der Waals surface area (Å²) in [6.45, 7) is 0. The molecule has 1 aromatic carbocycles. The minimum Gasteiger partial charge on any atom is -0.304 e. The summed E-state index contributed by atoms with van der Waals surface area (Å²) in [5, 5.41) is -0.0109. The molecular formula is C13H6ClF3N4O. The summed E-state index contributed by atoms with van der Waals surface area (Å²) in [7, 11) is 0. The fourth-order valence-corrected chi connectivity index (χ4v) is 2.09. The highest BCUT2D eigenvalue weighted by molar-refractivity contribution is 6.29. The molecule has 3 rings (SSSR count). The van der Waals surface area contributed by atoms with Crippen LogP contribution in [0, 0.1) is 0 Å². The normalized spacial score (nSPS) is 11.8. The number of H-pyrrole nitrogens is 1. The van der Waals surface area contributed by atoms with E-state index < -0.39 is 17.3 Å². The molecule has 0 amide bonds. The summed E-state index contributed by atoms with van der Waals surface area (Å²) >= 11 is 5.63. The standard InChI is InChI=1S/C13H6ClF3N4O/c14-8-5-18-11-9(19-8)12(22)21-10(20-11)6-3-1-2-4-7(6)13(15,16)17/h1-5H,(H,18,20,21,22). The van der Waals surface area contributed by atoms with E-state index in [-0.39, 0.29) is 27.7 Å². The third-order valence-corrected chi connectivity index (χ3v) is 3.06. The number of fused-ring (bicyclic) bond motifs is 1. The molecule has 112 valence electrons. The van der Waals surface area contributed by atoms with Crippen molar-refractivity contribution in [2.45, 2.75) is 6.18 Å². The van der Waals surface area contributed by atoms with E-state index in [1.165, 1.54) is 18.2 Å². The Bertz CT molecular complexity index is 923. The number of halogens is 4. The summed E-state index contributed by atoms with van der Waals surface area (Å²) in [5.74, 6) is -0.234. The molecule has 1 N–H and O–H groups in total. The number of alkyl halides is 3. The predicted molar refractivity (Wildman–Crippen MR) is 73.4 cm³/mol. The van der Waals surface area contributed by atoms with Gasteiger partial charge in [-0.1, -0.05) is 29.8 Å². The molecule has 0 aliphatic carbocycles. The van der Waals surface area contributed by atoms with Crippen LogP contribution in [0.5, 0.6) is 0 Å². The molecule has 5 nitrogen and oxygen atoms in total. The summed E-state index contributed by atoms with van der Waals surface area (Å²) in [6, 6.07) is 4.80. The third kappa shape index (κ3) is 2.52. The van der Waals surface area contributed by atoms with Gasteiger partial charge in [-0.25, -0.2) is 15.0 Å². The van der Waals surface area contributed by atoms with Crippen LogP contribution in [0.1, 0.15) is 5.56 Å². The van der Waals surface area contributed by atoms with Gasteiger partial charge in [-0.3, -0.25) is 4.79 Å². The second-order valence-electron chi connectivity index (χ2n) is 4.32. The Kier molecular flexibility index (Phi) is 3.32. The van der Waals surface area contributed by atoms with Gasteiger partial charge < -0.3 is 4.98 Å². The molecule has 0 bridgehead atoms. The van der Waals surface area contributed by atoms with Gasteiger partial charge >= 0.3 is 6.18 Å². The lowest BCUT2D eigenvalue weighted by Crippen LogP contribution is -2.14. The fourth-order valence-electron chi connectivity index (χ4n) is 1.96. The summed E-state index contributed by atoms with van der Waals surface area (Å²) in [4.78, 5) is 25.7. The van der Waals surface area contributed by atoms with E-state index in [1.54, 1.807) is 0 Å². The van der Waals surface area contributed by atoms with E-state index in [2.05, 4.69) is 19.9 Å². The van der Waals surface area contributed by atoms with Gasteiger partial charge in [0.25, 0.3) is 5.56 Å². The Labute approximate surface area is 125 Å². The molecule has 22 heavy (non-hydrogen) atoms. The summed E-state index contributed by atoms with van der Waals surface area (Å²) in [5.41, 5.74) is -2.09. The van der Waals surface area contributed by atoms with Crippen molar-refractivity contribution in [1.82, 2.24) is 19.9 Å². The lowest BCUT2D eigenvalue weighted by atomic mass is 10.1. The Morgan fingerprint density at radius 1 is 1.14 bits per heavy atom. The maximum atomic E-state index is 13.0. The van der Waals surface area contributed by atoms with Gasteiger partial charge in [-0.2, -0.15) is 13.2 Å². The van der Waals surface area contributed by atoms with Crippen LogP contribution in [0.15, 0.2) is 35.3 Å². The minimum atomic E-state index is -4.57. The van der Waals surface area contributed by atoms with E-state index in [0.717, 1.165) is 12.3 Å². The lowest BCUT2D eigenvalue weighted by molar-refractivity contribution is -0.137. The molecule has 0 spiro atoms. The van der Waals surface area contributed by atoms with Gasteiger partial charge in [0.1, 0.15) is 11.0 Å². The number of nitrogens with zero attached hydrogens (tertiary/aromatic N) is 3. The van der Waals surface area contributed by atoms with Gasteiger partial charge in [-0.15, -0.1) is 0 Å². The molecule has 0 saturated heterocycles. The first-order valence-electron chi connectivity index (χ1n) is 5.95. The molecular weight excluding hydrogens is 321 g/mol. The number of aromatic nitrogens is 4. The number of hydrogen-bond acceptors (Lipinski definition) is 4. The van der Waals surface area contributed by atoms with Gasteiger partial charge in [-0.05, 0) is 6.07 Å². The Balaban J connectivity index is 2.29. The van der Waals surface area contributed by atoms with Crippen molar-refractivity contribution in [2.75, 3.05) is 0 Å². The monoisotopic (exact) mass is 326 g/mol. The summed E-state index contributed by atoms with van der Waals surface area (Å²) in [6.07, 6.45) is -3.41. The van der Waals surface area contributed by atoms with Crippen LogP contribution in [0.2, 0.25) is 5.15 Å². The zero-order valence-electron chi connectivity index (χ0n) is 10.6. The number of aromatic amines is 1. The SMILES string of the molecule is O=c1[nH]c(-c2ccccc2C(F)(F)F)nc2ncc(Cl)nc12. The number of hydrogen-bond donors (Lipinski definition) is 1. The zero-order chi connectivity index (χ0) is 15.9. The van der Waals surface area contributed by atoms with Crippen molar-refractivity contribution in [3.63, 3.8) is 0 Å². The second-order valence-corrected chi connectivity index (χ2v) is 4.71. The van der Waals surface area contributed by atoms with Crippen LogP contribution in [0.25, 0.3) is 22.6 Å². The number of benzene rings is 1. The quantitative estimate of drug-likeness (QED) is 0.746. The van der Waals surface area contributed by atoms with Gasteiger partial charge in [0.15, 0.2) is 11.2 Å². The fraction of sp³-hybridized carbons (Fsp3) is 0.0769. The summed E-state index contributed by atoms with van der Waals surface area (Å²) < 4.78 is 39.1. The first-order chi connectivity index (χ1) is 10.4. The number of rotatable bonds is 1. The van der Waals surface area contributed by atoms with Crippen LogP contribution in [0.3, 0.4) is 0 Å². The van der Waals surface area contributed by atoms with Crippen molar-refractivity contribution < 1.29 is 13.2 Å². The predicted octanol–water partition coefficient (Wildman–Crippen LogP) is 3.05. The van der Waals surface area contributed by atoms with Crippen molar-refractivity contribution in [2.24, 2.45) is 0 Å². The molecule has 0 radical (unpaired) electrons. The molecule has 0 fully saturated rings. The average molecular weight is 327 g/mol. The van der Waals surface area contributed by atoms with Crippen molar-refractivity contribution in [3.8, 4) is 11.4 Å². The Morgan fingerprint density at radius 3 is 2.59 bits per heavy atom. The molecule has 9 heteroatoms. The zero-order valence-corrected chi connectivity index (χ0v) is 11.4. The molecule has 2 aromatic heterocycles. The smallest absolute Gasteiger partial charge is 0.304 e.